The molecule has 102 valence electrons. The van der Waals surface area contributed by atoms with Crippen LogP contribution in [0.4, 0.5) is 5.82 Å². The van der Waals surface area contributed by atoms with Crippen LogP contribution in [0.15, 0.2) is 6.20 Å². The highest BCUT2D eigenvalue weighted by molar-refractivity contribution is 5.80. The Bertz CT molecular complexity index is 721. The van der Waals surface area contributed by atoms with E-state index in [0.29, 0.717) is 11.4 Å². The SMILES string of the molecule is Cc1c(-c2c(C#N)c(N)nc3c2CCCC3)cnn1C. The van der Waals surface area contributed by atoms with E-state index in [0.717, 1.165) is 48.2 Å². The van der Waals surface area contributed by atoms with Gasteiger partial charge in [-0.15, -0.1) is 0 Å². The van der Waals surface area contributed by atoms with Crippen LogP contribution in [-0.4, -0.2) is 14.8 Å². The van der Waals surface area contributed by atoms with Gasteiger partial charge in [0, 0.05) is 29.6 Å². The zero-order valence-corrected chi connectivity index (χ0v) is 11.8. The predicted octanol–water partition coefficient (Wildman–Crippen LogP) is 2.12. The second-order valence-corrected chi connectivity index (χ2v) is 5.26. The van der Waals surface area contributed by atoms with Gasteiger partial charge in [0.25, 0.3) is 0 Å². The standard InChI is InChI=1S/C15H17N5/c1-9-12(8-18-20(9)2)14-10-5-3-4-6-13(10)19-15(17)11(14)7-16/h8H,3-6H2,1-2H3,(H2,17,19). The Morgan fingerprint density at radius 1 is 1.35 bits per heavy atom. The average Bonchev–Trinajstić information content (AvgIpc) is 2.77. The summed E-state index contributed by atoms with van der Waals surface area (Å²) in [7, 11) is 1.90. The van der Waals surface area contributed by atoms with Crippen molar-refractivity contribution in [1.29, 1.82) is 5.26 Å². The summed E-state index contributed by atoms with van der Waals surface area (Å²) >= 11 is 0. The molecule has 0 unspecified atom stereocenters. The third kappa shape index (κ3) is 1.76. The molecule has 0 saturated carbocycles. The first-order chi connectivity index (χ1) is 9.63. The second-order valence-electron chi connectivity index (χ2n) is 5.26. The van der Waals surface area contributed by atoms with Gasteiger partial charge in [-0.25, -0.2) is 4.98 Å². The lowest BCUT2D eigenvalue weighted by molar-refractivity contribution is 0.669. The zero-order valence-electron chi connectivity index (χ0n) is 11.8. The summed E-state index contributed by atoms with van der Waals surface area (Å²) in [6, 6.07) is 2.22. The van der Waals surface area contributed by atoms with Crippen LogP contribution in [-0.2, 0) is 19.9 Å². The van der Waals surface area contributed by atoms with E-state index in [4.69, 9.17) is 5.73 Å². The number of nitrogens with zero attached hydrogens (tertiary/aromatic N) is 4. The maximum Gasteiger partial charge on any atom is 0.142 e. The Morgan fingerprint density at radius 3 is 2.75 bits per heavy atom. The van der Waals surface area contributed by atoms with Gasteiger partial charge in [-0.3, -0.25) is 4.68 Å². The highest BCUT2D eigenvalue weighted by Gasteiger charge is 2.23. The molecule has 5 nitrogen and oxygen atoms in total. The van der Waals surface area contributed by atoms with E-state index < -0.39 is 0 Å². The van der Waals surface area contributed by atoms with Crippen molar-refractivity contribution in [2.75, 3.05) is 5.73 Å². The van der Waals surface area contributed by atoms with Gasteiger partial charge in [0.1, 0.15) is 17.5 Å². The van der Waals surface area contributed by atoms with Crippen molar-refractivity contribution in [1.82, 2.24) is 14.8 Å². The number of aromatic nitrogens is 3. The van der Waals surface area contributed by atoms with Crippen molar-refractivity contribution in [3.63, 3.8) is 0 Å². The van der Waals surface area contributed by atoms with Crippen LogP contribution in [0.2, 0.25) is 0 Å². The number of fused-ring (bicyclic) bond motifs is 1. The lowest BCUT2D eigenvalue weighted by Crippen LogP contribution is -2.12. The number of nitriles is 1. The molecule has 0 radical (unpaired) electrons. The number of anilines is 1. The number of aryl methyl sites for hydroxylation is 2. The molecule has 0 fully saturated rings. The molecule has 2 aromatic rings. The molecular weight excluding hydrogens is 250 g/mol. The largest absolute Gasteiger partial charge is 0.383 e. The molecule has 0 bridgehead atoms. The van der Waals surface area contributed by atoms with Crippen LogP contribution in [0.1, 0.15) is 35.4 Å². The molecule has 0 spiro atoms. The molecule has 2 aromatic heterocycles. The maximum atomic E-state index is 9.46. The monoisotopic (exact) mass is 267 g/mol. The minimum atomic E-state index is 0.339. The molecule has 0 amide bonds. The summed E-state index contributed by atoms with van der Waals surface area (Å²) in [6.07, 6.45) is 5.99. The molecule has 2 N–H and O–H groups in total. The van der Waals surface area contributed by atoms with E-state index in [2.05, 4.69) is 16.2 Å². The Balaban J connectivity index is 2.35. The number of nitrogens with two attached hydrogens (primary N) is 1. The fourth-order valence-electron chi connectivity index (χ4n) is 2.92. The molecule has 0 aromatic carbocycles. The van der Waals surface area contributed by atoms with Gasteiger partial charge >= 0.3 is 0 Å². The van der Waals surface area contributed by atoms with Gasteiger partial charge in [-0.05, 0) is 38.2 Å². The van der Waals surface area contributed by atoms with Crippen molar-refractivity contribution in [2.45, 2.75) is 32.6 Å². The van der Waals surface area contributed by atoms with E-state index >= 15 is 0 Å². The van der Waals surface area contributed by atoms with Crippen LogP contribution < -0.4 is 5.73 Å². The first-order valence-corrected chi connectivity index (χ1v) is 6.83. The van der Waals surface area contributed by atoms with Crippen molar-refractivity contribution in [3.8, 4) is 17.2 Å². The molecule has 0 aliphatic heterocycles. The minimum absolute atomic E-state index is 0.339. The summed E-state index contributed by atoms with van der Waals surface area (Å²) in [4.78, 5) is 4.44. The Labute approximate surface area is 118 Å². The fourth-order valence-corrected chi connectivity index (χ4v) is 2.92. The summed E-state index contributed by atoms with van der Waals surface area (Å²) in [5.74, 6) is 0.339. The molecule has 0 saturated heterocycles. The van der Waals surface area contributed by atoms with Gasteiger partial charge in [-0.2, -0.15) is 10.4 Å². The van der Waals surface area contributed by atoms with E-state index in [9.17, 15) is 5.26 Å². The molecule has 1 aliphatic rings. The van der Waals surface area contributed by atoms with Crippen molar-refractivity contribution < 1.29 is 0 Å². The molecule has 5 heteroatoms. The molecule has 3 rings (SSSR count). The van der Waals surface area contributed by atoms with Gasteiger partial charge in [0.15, 0.2) is 0 Å². The van der Waals surface area contributed by atoms with Crippen LogP contribution >= 0.6 is 0 Å². The first-order valence-electron chi connectivity index (χ1n) is 6.83. The summed E-state index contributed by atoms with van der Waals surface area (Å²) in [5.41, 5.74) is 11.7. The fraction of sp³-hybridized carbons (Fsp3) is 0.400. The van der Waals surface area contributed by atoms with Crippen LogP contribution in [0.5, 0.6) is 0 Å². The normalized spacial score (nSPS) is 13.8. The molecule has 1 aliphatic carbocycles. The van der Waals surface area contributed by atoms with E-state index in [1.165, 1.54) is 5.56 Å². The van der Waals surface area contributed by atoms with E-state index in [1.54, 1.807) is 0 Å². The third-order valence-corrected chi connectivity index (χ3v) is 4.12. The number of rotatable bonds is 1. The molecule has 2 heterocycles. The quantitative estimate of drug-likeness (QED) is 0.858. The molecule has 20 heavy (non-hydrogen) atoms. The van der Waals surface area contributed by atoms with Crippen LogP contribution in [0.3, 0.4) is 0 Å². The van der Waals surface area contributed by atoms with Crippen LogP contribution in [0.25, 0.3) is 11.1 Å². The maximum absolute atomic E-state index is 9.46. The Morgan fingerprint density at radius 2 is 2.10 bits per heavy atom. The smallest absolute Gasteiger partial charge is 0.142 e. The Kier molecular flexibility index (Phi) is 2.94. The number of nitrogen functional groups attached to an aromatic ring is 1. The number of hydrogen-bond acceptors (Lipinski definition) is 4. The third-order valence-electron chi connectivity index (χ3n) is 4.12. The topological polar surface area (TPSA) is 80.5 Å². The molecular formula is C15H17N5. The summed E-state index contributed by atoms with van der Waals surface area (Å²) in [6.45, 7) is 2.01. The van der Waals surface area contributed by atoms with Gasteiger partial charge in [-0.1, -0.05) is 0 Å². The molecule has 0 atom stereocenters. The van der Waals surface area contributed by atoms with Crippen molar-refractivity contribution >= 4 is 5.82 Å². The second kappa shape index (κ2) is 4.64. The average molecular weight is 267 g/mol. The van der Waals surface area contributed by atoms with E-state index in [-0.39, 0.29) is 0 Å². The first kappa shape index (κ1) is 12.7. The Hall–Kier alpha value is -2.35. The van der Waals surface area contributed by atoms with Gasteiger partial charge in [0.05, 0.1) is 6.20 Å². The number of hydrogen-bond donors (Lipinski definition) is 1. The summed E-state index contributed by atoms with van der Waals surface area (Å²) < 4.78 is 1.82. The summed E-state index contributed by atoms with van der Waals surface area (Å²) in [5, 5.41) is 13.8. The van der Waals surface area contributed by atoms with Crippen LogP contribution in [0, 0.1) is 18.3 Å². The van der Waals surface area contributed by atoms with Crippen molar-refractivity contribution in [2.24, 2.45) is 7.05 Å². The lowest BCUT2D eigenvalue weighted by Gasteiger charge is -2.20. The van der Waals surface area contributed by atoms with E-state index in [1.807, 2.05) is 24.9 Å². The zero-order chi connectivity index (χ0) is 14.3. The highest BCUT2D eigenvalue weighted by atomic mass is 15.3. The predicted molar refractivity (Wildman–Crippen MR) is 76.9 cm³/mol. The lowest BCUT2D eigenvalue weighted by atomic mass is 9.87. The minimum Gasteiger partial charge on any atom is -0.383 e. The number of pyridine rings is 1. The highest BCUT2D eigenvalue weighted by Crippen LogP contribution is 2.36. The van der Waals surface area contributed by atoms with Gasteiger partial charge < -0.3 is 5.73 Å². The van der Waals surface area contributed by atoms with Gasteiger partial charge in [0.2, 0.25) is 0 Å². The van der Waals surface area contributed by atoms with Crippen molar-refractivity contribution in [3.05, 3.63) is 28.7 Å².